The molecule has 1 saturated carbocycles. The smallest absolute Gasteiger partial charge is 0.140 e. The first kappa shape index (κ1) is 10.1. The van der Waals surface area contributed by atoms with Gasteiger partial charge in [0, 0.05) is 11.6 Å². The van der Waals surface area contributed by atoms with Crippen molar-refractivity contribution >= 4 is 5.82 Å². The molecule has 86 valence electrons. The van der Waals surface area contributed by atoms with Crippen LogP contribution in [0.4, 0.5) is 5.82 Å². The van der Waals surface area contributed by atoms with Crippen LogP contribution in [0.2, 0.25) is 0 Å². The number of hydrogen-bond donors (Lipinski definition) is 2. The monoisotopic (exact) mass is 217 g/mol. The molecule has 1 heterocycles. The molecule has 1 aromatic heterocycles. The normalized spacial score (nSPS) is 33.9. The first-order valence-corrected chi connectivity index (χ1v) is 6.03. The largest absolute Gasteiger partial charge is 0.308 e. The maximum atomic E-state index is 5.42. The minimum Gasteiger partial charge on any atom is -0.308 e. The van der Waals surface area contributed by atoms with E-state index >= 15 is 0 Å². The average molecular weight is 217 g/mol. The van der Waals surface area contributed by atoms with Crippen LogP contribution in [0.5, 0.6) is 0 Å². The van der Waals surface area contributed by atoms with Crippen LogP contribution >= 0.6 is 0 Å². The van der Waals surface area contributed by atoms with Gasteiger partial charge in [-0.05, 0) is 35.3 Å². The number of anilines is 1. The van der Waals surface area contributed by atoms with Crippen molar-refractivity contribution in [2.45, 2.75) is 39.0 Å². The van der Waals surface area contributed by atoms with E-state index < -0.39 is 0 Å². The van der Waals surface area contributed by atoms with Crippen molar-refractivity contribution in [2.75, 3.05) is 5.43 Å². The Morgan fingerprint density at radius 1 is 1.44 bits per heavy atom. The van der Waals surface area contributed by atoms with Gasteiger partial charge >= 0.3 is 0 Å². The van der Waals surface area contributed by atoms with E-state index in [1.807, 2.05) is 6.07 Å². The summed E-state index contributed by atoms with van der Waals surface area (Å²) in [4.78, 5) is 4.63. The van der Waals surface area contributed by atoms with E-state index in [4.69, 9.17) is 5.84 Å². The number of nitrogens with one attached hydrogen (secondary N) is 1. The molecule has 1 fully saturated rings. The van der Waals surface area contributed by atoms with Gasteiger partial charge in [0.25, 0.3) is 0 Å². The summed E-state index contributed by atoms with van der Waals surface area (Å²) in [6, 6.07) is 4.19. The van der Waals surface area contributed by atoms with Gasteiger partial charge in [-0.15, -0.1) is 0 Å². The molecule has 3 heteroatoms. The Bertz CT molecular complexity index is 439. The highest BCUT2D eigenvalue weighted by Gasteiger charge is 2.54. The van der Waals surface area contributed by atoms with Crippen LogP contribution in [0.15, 0.2) is 12.1 Å². The molecule has 0 aromatic carbocycles. The summed E-state index contributed by atoms with van der Waals surface area (Å²) in [7, 11) is 0. The first-order chi connectivity index (χ1) is 7.55. The summed E-state index contributed by atoms with van der Waals surface area (Å²) in [6.07, 6.45) is 1.27. The third-order valence-corrected chi connectivity index (χ3v) is 5.00. The number of nitrogens with two attached hydrogens (primary N) is 1. The van der Waals surface area contributed by atoms with E-state index in [1.165, 1.54) is 17.7 Å². The fraction of sp³-hybridized carbons (Fsp3) is 0.615. The molecule has 0 saturated heterocycles. The quantitative estimate of drug-likeness (QED) is 0.561. The number of aromatic nitrogens is 1. The number of hydrogen-bond acceptors (Lipinski definition) is 3. The van der Waals surface area contributed by atoms with Gasteiger partial charge in [0.1, 0.15) is 5.82 Å². The molecule has 3 nitrogen and oxygen atoms in total. The van der Waals surface area contributed by atoms with E-state index in [9.17, 15) is 0 Å². The summed E-state index contributed by atoms with van der Waals surface area (Å²) in [5, 5.41) is 0. The van der Waals surface area contributed by atoms with Crippen LogP contribution in [-0.2, 0) is 0 Å². The standard InChI is InChI=1S/C13H19N3/c1-7-9-6-10(13(7,2)3)8-4-5-11(16-14)15-12(8)9/h4-5,7,9-10H,6,14H2,1-3H3,(H,15,16). The summed E-state index contributed by atoms with van der Waals surface area (Å²) in [6.45, 7) is 7.14. The second-order valence-electron chi connectivity index (χ2n) is 5.82. The summed E-state index contributed by atoms with van der Waals surface area (Å²) in [5.41, 5.74) is 5.79. The Labute approximate surface area is 96.4 Å². The van der Waals surface area contributed by atoms with Gasteiger partial charge in [-0.3, -0.25) is 0 Å². The van der Waals surface area contributed by atoms with Crippen molar-refractivity contribution in [3.8, 4) is 0 Å². The van der Waals surface area contributed by atoms with Crippen LogP contribution in [0.25, 0.3) is 0 Å². The molecule has 2 aliphatic carbocycles. The van der Waals surface area contributed by atoms with Gasteiger partial charge in [0.15, 0.2) is 0 Å². The Morgan fingerprint density at radius 2 is 2.19 bits per heavy atom. The van der Waals surface area contributed by atoms with Gasteiger partial charge in [0.2, 0.25) is 0 Å². The van der Waals surface area contributed by atoms with Crippen molar-refractivity contribution < 1.29 is 0 Å². The highest BCUT2D eigenvalue weighted by Crippen LogP contribution is 2.64. The molecule has 0 aliphatic heterocycles. The fourth-order valence-corrected chi connectivity index (χ4v) is 3.63. The maximum absolute atomic E-state index is 5.42. The number of fused-ring (bicyclic) bond motifs is 5. The zero-order valence-corrected chi connectivity index (χ0v) is 10.1. The highest BCUT2D eigenvalue weighted by atomic mass is 15.2. The average Bonchev–Trinajstić information content (AvgIpc) is 2.75. The third kappa shape index (κ3) is 1.04. The molecule has 3 N–H and O–H groups in total. The van der Waals surface area contributed by atoms with Crippen LogP contribution in [0.1, 0.15) is 50.3 Å². The van der Waals surface area contributed by atoms with Crippen molar-refractivity contribution in [3.63, 3.8) is 0 Å². The van der Waals surface area contributed by atoms with Crippen LogP contribution in [-0.4, -0.2) is 4.98 Å². The van der Waals surface area contributed by atoms with E-state index in [2.05, 4.69) is 37.2 Å². The van der Waals surface area contributed by atoms with Crippen molar-refractivity contribution in [1.82, 2.24) is 4.98 Å². The summed E-state index contributed by atoms with van der Waals surface area (Å²) < 4.78 is 0. The lowest BCUT2D eigenvalue weighted by atomic mass is 9.68. The Hall–Kier alpha value is -1.09. The van der Waals surface area contributed by atoms with Crippen molar-refractivity contribution in [1.29, 1.82) is 0 Å². The SMILES string of the molecule is CC1C2CC(c3ccc(NN)nc32)C1(C)C. The van der Waals surface area contributed by atoms with Gasteiger partial charge in [0.05, 0.1) is 0 Å². The molecule has 16 heavy (non-hydrogen) atoms. The third-order valence-electron chi connectivity index (χ3n) is 5.00. The van der Waals surface area contributed by atoms with E-state index in [-0.39, 0.29) is 0 Å². The first-order valence-electron chi connectivity index (χ1n) is 6.03. The summed E-state index contributed by atoms with van der Waals surface area (Å²) >= 11 is 0. The summed E-state index contributed by atoms with van der Waals surface area (Å²) in [5.74, 6) is 8.23. The van der Waals surface area contributed by atoms with Gasteiger partial charge in [-0.1, -0.05) is 26.8 Å². The van der Waals surface area contributed by atoms with Crippen LogP contribution < -0.4 is 11.3 Å². The number of nitrogen functional groups attached to an aromatic ring is 1. The van der Waals surface area contributed by atoms with E-state index in [1.54, 1.807) is 0 Å². The minimum atomic E-state index is 0.414. The molecule has 3 rings (SSSR count). The topological polar surface area (TPSA) is 50.9 Å². The number of nitrogens with zero attached hydrogens (tertiary/aromatic N) is 1. The molecule has 0 radical (unpaired) electrons. The van der Waals surface area contributed by atoms with E-state index in [0.717, 1.165) is 5.82 Å². The lowest BCUT2D eigenvalue weighted by Gasteiger charge is -2.37. The zero-order valence-electron chi connectivity index (χ0n) is 10.1. The lowest BCUT2D eigenvalue weighted by Crippen LogP contribution is -2.28. The molecule has 2 aliphatic rings. The molecular weight excluding hydrogens is 198 g/mol. The lowest BCUT2D eigenvalue weighted by molar-refractivity contribution is 0.223. The van der Waals surface area contributed by atoms with Gasteiger partial charge in [-0.25, -0.2) is 10.8 Å². The second-order valence-corrected chi connectivity index (χ2v) is 5.82. The predicted molar refractivity (Wildman–Crippen MR) is 65.1 cm³/mol. The minimum absolute atomic E-state index is 0.414. The molecular formula is C13H19N3. The van der Waals surface area contributed by atoms with Crippen LogP contribution in [0, 0.1) is 11.3 Å². The predicted octanol–water partition coefficient (Wildman–Crippen LogP) is 2.61. The van der Waals surface area contributed by atoms with Crippen molar-refractivity contribution in [2.24, 2.45) is 17.2 Å². The maximum Gasteiger partial charge on any atom is 0.140 e. The highest BCUT2D eigenvalue weighted by molar-refractivity contribution is 5.46. The second kappa shape index (κ2) is 2.98. The van der Waals surface area contributed by atoms with Gasteiger partial charge in [-0.2, -0.15) is 0 Å². The molecule has 0 spiro atoms. The molecule has 3 unspecified atom stereocenters. The number of hydrazine groups is 1. The van der Waals surface area contributed by atoms with E-state index in [0.29, 0.717) is 23.2 Å². The molecule has 1 aromatic rings. The molecule has 3 atom stereocenters. The Morgan fingerprint density at radius 3 is 2.88 bits per heavy atom. The fourth-order valence-electron chi connectivity index (χ4n) is 3.63. The number of pyridine rings is 1. The Kier molecular flexibility index (Phi) is 1.88. The number of rotatable bonds is 1. The molecule has 2 bridgehead atoms. The van der Waals surface area contributed by atoms with Crippen LogP contribution in [0.3, 0.4) is 0 Å². The molecule has 0 amide bonds. The Balaban J connectivity index is 2.12. The van der Waals surface area contributed by atoms with Gasteiger partial charge < -0.3 is 5.43 Å². The zero-order chi connectivity index (χ0) is 11.5. The van der Waals surface area contributed by atoms with Crippen molar-refractivity contribution in [3.05, 3.63) is 23.4 Å².